The molecule has 1 fully saturated rings. The Kier molecular flexibility index (Phi) is 5.73. The highest BCUT2D eigenvalue weighted by atomic mass is 16.5. The third kappa shape index (κ3) is 3.65. The first-order valence-electron chi connectivity index (χ1n) is 10.5. The Morgan fingerprint density at radius 1 is 1.13 bits per heavy atom. The first-order valence-corrected chi connectivity index (χ1v) is 10.5. The van der Waals surface area contributed by atoms with Gasteiger partial charge in [-0.15, -0.1) is 0 Å². The predicted molar refractivity (Wildman–Crippen MR) is 114 cm³/mol. The maximum atomic E-state index is 12.9. The first kappa shape index (κ1) is 20.4. The van der Waals surface area contributed by atoms with Crippen molar-refractivity contribution in [2.24, 2.45) is 5.41 Å². The van der Waals surface area contributed by atoms with Crippen LogP contribution in [-0.4, -0.2) is 46.5 Å². The summed E-state index contributed by atoms with van der Waals surface area (Å²) in [6, 6.07) is 18.5. The van der Waals surface area contributed by atoms with Crippen LogP contribution in [0, 0.1) is 5.41 Å². The number of ketones is 1. The summed E-state index contributed by atoms with van der Waals surface area (Å²) in [6.45, 7) is 2.04. The molecule has 2 heterocycles. The number of β-lactam (4-membered cyclic amide) rings is 1. The van der Waals surface area contributed by atoms with E-state index in [0.717, 1.165) is 5.56 Å². The molecule has 1 amide bonds. The van der Waals surface area contributed by atoms with E-state index in [2.05, 4.69) is 0 Å². The summed E-state index contributed by atoms with van der Waals surface area (Å²) in [4.78, 5) is 27.3. The number of aliphatic hydroxyl groups excluding tert-OH is 1. The van der Waals surface area contributed by atoms with Crippen LogP contribution in [0.1, 0.15) is 25.3 Å². The lowest BCUT2D eigenvalue weighted by Gasteiger charge is -2.53. The third-order valence-corrected chi connectivity index (χ3v) is 6.33. The fraction of sp³-hybridized carbons (Fsp3) is 0.360. The van der Waals surface area contributed by atoms with E-state index in [1.165, 1.54) is 6.92 Å². The van der Waals surface area contributed by atoms with Gasteiger partial charge in [0, 0.05) is 6.54 Å². The number of carbonyl (C=O) groups is 2. The molecule has 0 saturated carbocycles. The number of carbonyl (C=O) groups excluding carboxylic acids is 2. The van der Waals surface area contributed by atoms with Crippen molar-refractivity contribution >= 4 is 11.7 Å². The number of fused-ring (bicyclic) bond motifs is 1. The molecule has 2 aromatic carbocycles. The quantitative estimate of drug-likeness (QED) is 0.592. The highest BCUT2D eigenvalue weighted by molar-refractivity contribution is 5.91. The number of Topliss-reactive ketones (excluding diaryl/α,β-unsaturated/α-hetero) is 1. The Balaban J connectivity index is 1.62. The van der Waals surface area contributed by atoms with Crippen molar-refractivity contribution in [3.8, 4) is 5.75 Å². The van der Waals surface area contributed by atoms with Crippen molar-refractivity contribution in [2.75, 3.05) is 6.54 Å². The van der Waals surface area contributed by atoms with E-state index in [4.69, 9.17) is 4.74 Å². The average Bonchev–Trinajstić information content (AvgIpc) is 2.76. The lowest BCUT2D eigenvalue weighted by molar-refractivity contribution is -0.181. The van der Waals surface area contributed by atoms with Gasteiger partial charge in [0.25, 0.3) is 5.91 Å². The van der Waals surface area contributed by atoms with Gasteiger partial charge in [-0.1, -0.05) is 60.7 Å². The molecule has 4 atom stereocenters. The molecule has 2 aliphatic rings. The molecule has 2 aromatic rings. The summed E-state index contributed by atoms with van der Waals surface area (Å²) < 4.78 is 5.95. The number of aliphatic hydroxyl groups is 1. The maximum Gasteiger partial charge on any atom is 0.266 e. The molecule has 1 saturated heterocycles. The molecular formula is C25H27NO4. The Morgan fingerprint density at radius 2 is 1.80 bits per heavy atom. The van der Waals surface area contributed by atoms with Gasteiger partial charge in [-0.2, -0.15) is 0 Å². The van der Waals surface area contributed by atoms with Crippen LogP contribution in [0.4, 0.5) is 0 Å². The molecule has 1 N–H and O–H groups in total. The van der Waals surface area contributed by atoms with Gasteiger partial charge in [-0.3, -0.25) is 9.59 Å². The zero-order valence-corrected chi connectivity index (χ0v) is 17.1. The summed E-state index contributed by atoms with van der Waals surface area (Å²) in [5.41, 5.74) is 0.0532. The molecule has 0 aromatic heterocycles. The topological polar surface area (TPSA) is 66.8 Å². The Hall–Kier alpha value is -2.92. The molecule has 5 heteroatoms. The van der Waals surface area contributed by atoms with Gasteiger partial charge in [0.15, 0.2) is 6.10 Å². The van der Waals surface area contributed by atoms with Gasteiger partial charge < -0.3 is 14.7 Å². The molecular weight excluding hydrogens is 378 g/mol. The highest BCUT2D eigenvalue weighted by Gasteiger charge is 2.58. The van der Waals surface area contributed by atoms with E-state index in [0.29, 0.717) is 31.6 Å². The second kappa shape index (κ2) is 8.44. The summed E-state index contributed by atoms with van der Waals surface area (Å²) in [5.74, 6) is 0.346. The van der Waals surface area contributed by atoms with Crippen molar-refractivity contribution in [1.82, 2.24) is 4.90 Å². The Bertz CT molecular complexity index is 927. The number of nitrogens with zero attached hydrogens (tertiary/aromatic N) is 1. The van der Waals surface area contributed by atoms with Crippen LogP contribution >= 0.6 is 0 Å². The minimum atomic E-state index is -1.06. The highest BCUT2D eigenvalue weighted by Crippen LogP contribution is 2.41. The van der Waals surface area contributed by atoms with E-state index >= 15 is 0 Å². The van der Waals surface area contributed by atoms with E-state index in [9.17, 15) is 14.7 Å². The van der Waals surface area contributed by atoms with E-state index in [-0.39, 0.29) is 11.7 Å². The number of rotatable bonds is 6. The number of amides is 1. The van der Waals surface area contributed by atoms with Crippen LogP contribution in [0.2, 0.25) is 0 Å². The lowest BCUT2D eigenvalue weighted by Crippen LogP contribution is -2.74. The van der Waals surface area contributed by atoms with E-state index in [1.54, 1.807) is 17.0 Å². The number of ether oxygens (including phenoxy) is 1. The second-order valence-electron chi connectivity index (χ2n) is 8.09. The van der Waals surface area contributed by atoms with Gasteiger partial charge >= 0.3 is 0 Å². The normalized spacial score (nSPS) is 29.2. The largest absolute Gasteiger partial charge is 0.478 e. The molecule has 0 radical (unpaired) electrons. The second-order valence-corrected chi connectivity index (χ2v) is 8.09. The predicted octanol–water partition coefficient (Wildman–Crippen LogP) is 3.17. The van der Waals surface area contributed by atoms with Crippen LogP contribution in [0.15, 0.2) is 72.8 Å². The average molecular weight is 405 g/mol. The molecule has 0 unspecified atom stereocenters. The molecule has 2 aliphatic heterocycles. The van der Waals surface area contributed by atoms with Gasteiger partial charge in [-0.25, -0.2) is 0 Å². The van der Waals surface area contributed by atoms with Crippen LogP contribution in [0.5, 0.6) is 5.75 Å². The first-order chi connectivity index (χ1) is 14.5. The zero-order chi connectivity index (χ0) is 21.1. The van der Waals surface area contributed by atoms with Crippen molar-refractivity contribution < 1.29 is 19.4 Å². The molecule has 30 heavy (non-hydrogen) atoms. The lowest BCUT2D eigenvalue weighted by atomic mass is 9.67. The number of hydrogen-bond donors (Lipinski definition) is 1. The summed E-state index contributed by atoms with van der Waals surface area (Å²) in [6.07, 6.45) is 3.74. The van der Waals surface area contributed by atoms with E-state index in [1.807, 2.05) is 60.7 Å². The standard InChI is InChI=1S/C25H27NO4/c1-18(27)25(16-14-19-10-4-2-5-11-19)15-8-9-17-26-21(23(25)28)22(24(26)29)30-20-12-6-3-7-13-20/h2-8,10-13,15,21-23,28H,9,14,16-17H2,1H3/b15-8-/t21-,22-,23+,25-/m1/s1. The fourth-order valence-corrected chi connectivity index (χ4v) is 4.54. The SMILES string of the molecule is CC(=O)[C@]1(CCc2ccccc2)/C=C\CCN2C(=O)[C@H](Oc3ccccc3)[C@@H]2[C@@H]1O. The van der Waals surface area contributed by atoms with Crippen molar-refractivity contribution in [1.29, 1.82) is 0 Å². The zero-order valence-electron chi connectivity index (χ0n) is 17.1. The van der Waals surface area contributed by atoms with Gasteiger partial charge in [-0.05, 0) is 43.9 Å². The smallest absolute Gasteiger partial charge is 0.266 e. The summed E-state index contributed by atoms with van der Waals surface area (Å²) in [7, 11) is 0. The van der Waals surface area contributed by atoms with Crippen LogP contribution in [0.25, 0.3) is 0 Å². The monoisotopic (exact) mass is 405 g/mol. The van der Waals surface area contributed by atoms with Crippen LogP contribution < -0.4 is 4.74 Å². The molecule has 0 spiro atoms. The Morgan fingerprint density at radius 3 is 2.47 bits per heavy atom. The minimum Gasteiger partial charge on any atom is -0.478 e. The Labute approximate surface area is 177 Å². The summed E-state index contributed by atoms with van der Waals surface area (Å²) >= 11 is 0. The number of benzene rings is 2. The van der Waals surface area contributed by atoms with Gasteiger partial charge in [0.05, 0.1) is 11.5 Å². The molecule has 156 valence electrons. The summed E-state index contributed by atoms with van der Waals surface area (Å²) in [5, 5.41) is 11.5. The third-order valence-electron chi connectivity index (χ3n) is 6.33. The molecule has 0 aliphatic carbocycles. The number of hydrogen-bond acceptors (Lipinski definition) is 4. The van der Waals surface area contributed by atoms with Crippen molar-refractivity contribution in [2.45, 2.75) is 44.4 Å². The fourth-order valence-electron chi connectivity index (χ4n) is 4.54. The molecule has 4 rings (SSSR count). The maximum absolute atomic E-state index is 12.9. The van der Waals surface area contributed by atoms with Gasteiger partial charge in [0.2, 0.25) is 0 Å². The van der Waals surface area contributed by atoms with Crippen molar-refractivity contribution in [3.63, 3.8) is 0 Å². The van der Waals surface area contributed by atoms with Gasteiger partial charge in [0.1, 0.15) is 17.6 Å². The molecule has 0 bridgehead atoms. The number of aryl methyl sites for hydroxylation is 1. The van der Waals surface area contributed by atoms with Crippen LogP contribution in [0.3, 0.4) is 0 Å². The van der Waals surface area contributed by atoms with E-state index < -0.39 is 23.7 Å². The number of para-hydroxylation sites is 1. The van der Waals surface area contributed by atoms with Crippen molar-refractivity contribution in [3.05, 3.63) is 78.4 Å². The van der Waals surface area contributed by atoms with Crippen LogP contribution in [-0.2, 0) is 16.0 Å². The minimum absolute atomic E-state index is 0.0955. The molecule has 5 nitrogen and oxygen atoms in total.